The van der Waals surface area contributed by atoms with Crippen molar-refractivity contribution in [1.29, 1.82) is 5.26 Å². The van der Waals surface area contributed by atoms with E-state index in [0.29, 0.717) is 52.4 Å². The van der Waals surface area contributed by atoms with Gasteiger partial charge < -0.3 is 29.4 Å². The highest BCUT2D eigenvalue weighted by Gasteiger charge is 2.32. The third kappa shape index (κ3) is 6.53. The average molecular weight is 597 g/mol. The predicted molar refractivity (Wildman–Crippen MR) is 162 cm³/mol. The monoisotopic (exact) mass is 596 g/mol. The van der Waals surface area contributed by atoms with Crippen LogP contribution in [0.2, 0.25) is 5.02 Å². The van der Waals surface area contributed by atoms with Gasteiger partial charge in [-0.1, -0.05) is 41.9 Å². The van der Waals surface area contributed by atoms with Gasteiger partial charge in [-0.05, 0) is 67.9 Å². The second-order valence-corrected chi connectivity index (χ2v) is 9.90. The molecule has 0 radical (unpaired) electrons. The molecule has 8 nitrogen and oxygen atoms in total. The second kappa shape index (κ2) is 13.2. The molecule has 5 rings (SSSR count). The summed E-state index contributed by atoms with van der Waals surface area (Å²) in [5.41, 5.74) is 9.10. The maximum atomic E-state index is 12.8. The molecule has 0 bridgehead atoms. The van der Waals surface area contributed by atoms with Crippen molar-refractivity contribution in [1.82, 2.24) is 0 Å². The standard InChI is InChI=1S/C34H29ClN2O6/c1-3-39-24-12-9-21(10-13-24)34(38)42-25-14-15-26-30(18-25)43-33(37)27(19-36)32(26)22-11-16-29(31(17-22)40-4-2)41-20-23-7-5-6-8-28(23)35/h5-18,32H,3-4,20,37H2,1-2H3. The van der Waals surface area contributed by atoms with Crippen molar-refractivity contribution in [2.24, 2.45) is 5.73 Å². The Morgan fingerprint density at radius 3 is 2.37 bits per heavy atom. The molecule has 2 N–H and O–H groups in total. The summed E-state index contributed by atoms with van der Waals surface area (Å²) in [5, 5.41) is 10.6. The Kier molecular flexibility index (Phi) is 9.04. The first-order valence-electron chi connectivity index (χ1n) is 13.7. The number of carbonyl (C=O) groups excluding carboxylic acids is 1. The molecule has 0 saturated heterocycles. The first kappa shape index (κ1) is 29.4. The molecule has 0 amide bonds. The Morgan fingerprint density at radius 2 is 1.65 bits per heavy atom. The lowest BCUT2D eigenvalue weighted by molar-refractivity contribution is 0.0734. The topological polar surface area (TPSA) is 113 Å². The number of nitrogens with zero attached hydrogens (tertiary/aromatic N) is 1. The van der Waals surface area contributed by atoms with Crippen LogP contribution in [0.4, 0.5) is 0 Å². The molecule has 1 heterocycles. The maximum Gasteiger partial charge on any atom is 0.343 e. The summed E-state index contributed by atoms with van der Waals surface area (Å²) in [6.07, 6.45) is 0. The number of allylic oxidation sites excluding steroid dienone is 1. The second-order valence-electron chi connectivity index (χ2n) is 9.49. The highest BCUT2D eigenvalue weighted by Crippen LogP contribution is 2.45. The van der Waals surface area contributed by atoms with Crippen LogP contribution in [0, 0.1) is 11.3 Å². The minimum Gasteiger partial charge on any atom is -0.494 e. The van der Waals surface area contributed by atoms with Crippen LogP contribution in [0.25, 0.3) is 0 Å². The molecule has 1 aliphatic rings. The molecule has 218 valence electrons. The highest BCUT2D eigenvalue weighted by atomic mass is 35.5. The summed E-state index contributed by atoms with van der Waals surface area (Å²) in [6.45, 7) is 4.95. The largest absolute Gasteiger partial charge is 0.494 e. The van der Waals surface area contributed by atoms with Crippen LogP contribution < -0.4 is 29.4 Å². The van der Waals surface area contributed by atoms with Gasteiger partial charge in [-0.2, -0.15) is 5.26 Å². The van der Waals surface area contributed by atoms with E-state index < -0.39 is 11.9 Å². The Bertz CT molecular complexity index is 1710. The molecular formula is C34H29ClN2O6. The molecule has 0 fully saturated rings. The number of rotatable bonds is 10. The number of hydrogen-bond donors (Lipinski definition) is 1. The Balaban J connectivity index is 1.42. The van der Waals surface area contributed by atoms with Crippen LogP contribution in [0.5, 0.6) is 28.7 Å². The molecule has 1 unspecified atom stereocenters. The fourth-order valence-corrected chi connectivity index (χ4v) is 4.92. The Labute approximate surface area is 254 Å². The smallest absolute Gasteiger partial charge is 0.343 e. The molecule has 4 aromatic rings. The molecule has 0 saturated carbocycles. The molecular weight excluding hydrogens is 568 g/mol. The lowest BCUT2D eigenvalue weighted by Gasteiger charge is -2.27. The van der Waals surface area contributed by atoms with E-state index in [1.165, 1.54) is 0 Å². The quantitative estimate of drug-likeness (QED) is 0.152. The number of carbonyl (C=O) groups is 1. The first-order valence-corrected chi connectivity index (χ1v) is 14.1. The molecule has 4 aromatic carbocycles. The summed E-state index contributed by atoms with van der Waals surface area (Å²) in [4.78, 5) is 12.8. The van der Waals surface area contributed by atoms with E-state index in [1.54, 1.807) is 48.5 Å². The average Bonchev–Trinajstić information content (AvgIpc) is 3.01. The van der Waals surface area contributed by atoms with E-state index in [1.807, 2.05) is 50.2 Å². The van der Waals surface area contributed by atoms with Crippen LogP contribution in [0.1, 0.15) is 46.8 Å². The van der Waals surface area contributed by atoms with Crippen LogP contribution >= 0.6 is 11.6 Å². The molecule has 1 atom stereocenters. The van der Waals surface area contributed by atoms with E-state index in [4.69, 9.17) is 41.0 Å². The summed E-state index contributed by atoms with van der Waals surface area (Å²) in [5.74, 6) is 1.22. The van der Waals surface area contributed by atoms with Crippen molar-refractivity contribution in [3.8, 4) is 34.8 Å². The summed E-state index contributed by atoms with van der Waals surface area (Å²) < 4.78 is 28.8. The lowest BCUT2D eigenvalue weighted by atomic mass is 9.83. The molecule has 9 heteroatoms. The first-order chi connectivity index (χ1) is 20.9. The fourth-order valence-electron chi connectivity index (χ4n) is 4.72. The van der Waals surface area contributed by atoms with Crippen LogP contribution in [0.3, 0.4) is 0 Å². The Morgan fingerprint density at radius 1 is 0.907 bits per heavy atom. The third-order valence-electron chi connectivity index (χ3n) is 6.74. The van der Waals surface area contributed by atoms with Gasteiger partial charge in [-0.25, -0.2) is 4.79 Å². The van der Waals surface area contributed by atoms with Gasteiger partial charge in [-0.15, -0.1) is 0 Å². The number of esters is 1. The highest BCUT2D eigenvalue weighted by molar-refractivity contribution is 6.31. The van der Waals surface area contributed by atoms with Gasteiger partial charge in [0.15, 0.2) is 11.5 Å². The van der Waals surface area contributed by atoms with Crippen molar-refractivity contribution in [2.75, 3.05) is 13.2 Å². The number of nitriles is 1. The summed E-state index contributed by atoms with van der Waals surface area (Å²) >= 11 is 6.30. The molecule has 0 aliphatic carbocycles. The minimum atomic E-state index is -0.554. The third-order valence-corrected chi connectivity index (χ3v) is 7.11. The number of hydrogen-bond acceptors (Lipinski definition) is 8. The van der Waals surface area contributed by atoms with Gasteiger partial charge >= 0.3 is 5.97 Å². The molecule has 1 aliphatic heterocycles. The SMILES string of the molecule is CCOc1ccc(C(=O)Oc2ccc3c(c2)OC(N)=C(C#N)C3c2ccc(OCc3ccccc3Cl)c(OCC)c2)cc1. The van der Waals surface area contributed by atoms with Crippen LogP contribution in [0.15, 0.2) is 96.4 Å². The normalized spacial score (nSPS) is 13.8. The van der Waals surface area contributed by atoms with Gasteiger partial charge in [0.2, 0.25) is 5.88 Å². The van der Waals surface area contributed by atoms with E-state index >= 15 is 0 Å². The molecule has 0 spiro atoms. The minimum absolute atomic E-state index is 0.0352. The van der Waals surface area contributed by atoms with Crippen LogP contribution in [-0.4, -0.2) is 19.2 Å². The predicted octanol–water partition coefficient (Wildman–Crippen LogP) is 7.15. The Hall–Kier alpha value is -5.13. The molecule has 43 heavy (non-hydrogen) atoms. The zero-order valence-electron chi connectivity index (χ0n) is 23.6. The maximum absolute atomic E-state index is 12.8. The van der Waals surface area contributed by atoms with Gasteiger partial charge in [-0.3, -0.25) is 0 Å². The van der Waals surface area contributed by atoms with E-state index in [0.717, 1.165) is 11.1 Å². The summed E-state index contributed by atoms with van der Waals surface area (Å²) in [7, 11) is 0. The van der Waals surface area contributed by atoms with Crippen molar-refractivity contribution in [2.45, 2.75) is 26.4 Å². The van der Waals surface area contributed by atoms with E-state index in [9.17, 15) is 10.1 Å². The van der Waals surface area contributed by atoms with E-state index in [2.05, 4.69) is 6.07 Å². The van der Waals surface area contributed by atoms with Gasteiger partial charge in [0.25, 0.3) is 0 Å². The zero-order valence-corrected chi connectivity index (χ0v) is 24.4. The van der Waals surface area contributed by atoms with Gasteiger partial charge in [0, 0.05) is 22.2 Å². The van der Waals surface area contributed by atoms with Crippen molar-refractivity contribution >= 4 is 17.6 Å². The van der Waals surface area contributed by atoms with E-state index in [-0.39, 0.29) is 23.8 Å². The number of halogens is 1. The van der Waals surface area contributed by atoms with Crippen molar-refractivity contribution < 1.29 is 28.5 Å². The van der Waals surface area contributed by atoms with Gasteiger partial charge in [0.1, 0.15) is 35.5 Å². The van der Waals surface area contributed by atoms with Crippen molar-refractivity contribution in [3.05, 3.63) is 124 Å². The lowest BCUT2D eigenvalue weighted by Crippen LogP contribution is -2.21. The summed E-state index contributed by atoms with van der Waals surface area (Å²) in [6, 6.07) is 26.8. The van der Waals surface area contributed by atoms with Crippen LogP contribution in [-0.2, 0) is 6.61 Å². The number of ether oxygens (including phenoxy) is 5. The number of nitrogens with two attached hydrogens (primary N) is 1. The number of benzene rings is 4. The number of fused-ring (bicyclic) bond motifs is 1. The van der Waals surface area contributed by atoms with Crippen molar-refractivity contribution in [3.63, 3.8) is 0 Å². The fraction of sp³-hybridized carbons (Fsp3) is 0.176. The zero-order chi connectivity index (χ0) is 30.3. The van der Waals surface area contributed by atoms with Gasteiger partial charge in [0.05, 0.1) is 24.7 Å². The molecule has 0 aromatic heterocycles.